The van der Waals surface area contributed by atoms with E-state index in [0.29, 0.717) is 5.69 Å². The van der Waals surface area contributed by atoms with Crippen LogP contribution in [-0.4, -0.2) is 17.9 Å². The van der Waals surface area contributed by atoms with Crippen LogP contribution in [-0.2, 0) is 14.4 Å². The summed E-state index contributed by atoms with van der Waals surface area (Å²) in [6.45, 7) is 5.94. The number of rotatable bonds is 3. The van der Waals surface area contributed by atoms with E-state index in [0.717, 1.165) is 27.9 Å². The number of hydroxylamine groups is 1. The zero-order valence-corrected chi connectivity index (χ0v) is 17.8. The first-order valence-electron chi connectivity index (χ1n) is 10.5. The highest BCUT2D eigenvalue weighted by atomic mass is 16.7. The molecule has 2 aliphatic rings. The van der Waals surface area contributed by atoms with Crippen LogP contribution in [0.25, 0.3) is 0 Å². The van der Waals surface area contributed by atoms with Gasteiger partial charge in [-0.05, 0) is 50.1 Å². The standard InChI is InChI=1S/C26H24N2O3/c1-16-9-12-19(13-10-16)23-22-24(31-28(23)20-7-5-4-6-8-20)26(30)27(25(22)29)21-14-11-17(2)15-18(21)3/h4-15,22-24H,1-3H3/t22-,23-,24-/m0/s1. The molecule has 156 valence electrons. The van der Waals surface area contributed by atoms with Gasteiger partial charge in [-0.1, -0.05) is 65.7 Å². The highest BCUT2D eigenvalue weighted by Crippen LogP contribution is 2.47. The van der Waals surface area contributed by atoms with Crippen molar-refractivity contribution in [3.05, 3.63) is 95.1 Å². The second kappa shape index (κ2) is 7.36. The molecular formula is C26H24N2O3. The number of para-hydroxylation sites is 1. The van der Waals surface area contributed by atoms with Gasteiger partial charge in [-0.15, -0.1) is 0 Å². The molecule has 0 saturated carbocycles. The zero-order chi connectivity index (χ0) is 21.7. The maximum absolute atomic E-state index is 13.7. The Morgan fingerprint density at radius 3 is 2.13 bits per heavy atom. The van der Waals surface area contributed by atoms with E-state index in [9.17, 15) is 9.59 Å². The second-order valence-electron chi connectivity index (χ2n) is 8.37. The summed E-state index contributed by atoms with van der Waals surface area (Å²) >= 11 is 0. The summed E-state index contributed by atoms with van der Waals surface area (Å²) in [6, 6.07) is 23.1. The van der Waals surface area contributed by atoms with Gasteiger partial charge in [0.2, 0.25) is 5.91 Å². The van der Waals surface area contributed by atoms with Gasteiger partial charge < -0.3 is 0 Å². The maximum atomic E-state index is 13.7. The number of carbonyl (C=O) groups is 2. The molecule has 3 aromatic rings. The molecule has 31 heavy (non-hydrogen) atoms. The van der Waals surface area contributed by atoms with Crippen molar-refractivity contribution in [3.63, 3.8) is 0 Å². The largest absolute Gasteiger partial charge is 0.273 e. The summed E-state index contributed by atoms with van der Waals surface area (Å²) in [5, 5.41) is 1.73. The highest BCUT2D eigenvalue weighted by molar-refractivity contribution is 6.24. The fourth-order valence-electron chi connectivity index (χ4n) is 4.61. The first-order valence-corrected chi connectivity index (χ1v) is 10.5. The van der Waals surface area contributed by atoms with Gasteiger partial charge in [0, 0.05) is 0 Å². The summed E-state index contributed by atoms with van der Waals surface area (Å²) in [5.74, 6) is -1.14. The molecule has 0 aromatic heterocycles. The van der Waals surface area contributed by atoms with Crippen molar-refractivity contribution in [1.29, 1.82) is 0 Å². The van der Waals surface area contributed by atoms with Gasteiger partial charge in [-0.2, -0.15) is 0 Å². The number of nitrogens with zero attached hydrogens (tertiary/aromatic N) is 2. The molecule has 5 nitrogen and oxygen atoms in total. The highest BCUT2D eigenvalue weighted by Gasteiger charge is 2.60. The molecule has 2 amide bonds. The molecule has 0 unspecified atom stereocenters. The lowest BCUT2D eigenvalue weighted by molar-refractivity contribution is -0.126. The molecule has 0 N–H and O–H groups in total. The molecular weight excluding hydrogens is 388 g/mol. The van der Waals surface area contributed by atoms with Crippen LogP contribution >= 0.6 is 0 Å². The molecule has 5 heteroatoms. The summed E-state index contributed by atoms with van der Waals surface area (Å²) in [7, 11) is 0. The van der Waals surface area contributed by atoms with Crippen LogP contribution in [0, 0.1) is 26.7 Å². The van der Waals surface area contributed by atoms with Crippen LogP contribution in [0.3, 0.4) is 0 Å². The van der Waals surface area contributed by atoms with E-state index in [2.05, 4.69) is 0 Å². The van der Waals surface area contributed by atoms with Gasteiger partial charge in [-0.3, -0.25) is 14.4 Å². The Hall–Kier alpha value is -3.44. The van der Waals surface area contributed by atoms with Crippen LogP contribution in [0.4, 0.5) is 11.4 Å². The number of carbonyl (C=O) groups excluding carboxylic acids is 2. The fourth-order valence-corrected chi connectivity index (χ4v) is 4.61. The molecule has 3 atom stereocenters. The van der Waals surface area contributed by atoms with E-state index in [1.807, 2.05) is 93.6 Å². The molecule has 0 spiro atoms. The van der Waals surface area contributed by atoms with Crippen molar-refractivity contribution in [2.45, 2.75) is 32.9 Å². The van der Waals surface area contributed by atoms with E-state index in [-0.39, 0.29) is 17.9 Å². The topological polar surface area (TPSA) is 49.9 Å². The number of benzene rings is 3. The minimum atomic E-state index is -0.847. The summed E-state index contributed by atoms with van der Waals surface area (Å²) in [5.41, 5.74) is 5.52. The van der Waals surface area contributed by atoms with Gasteiger partial charge >= 0.3 is 0 Å². The Bertz CT molecular complexity index is 1160. The molecule has 5 rings (SSSR count). The normalized spacial score (nSPS) is 22.9. The van der Waals surface area contributed by atoms with E-state index in [1.165, 1.54) is 4.90 Å². The van der Waals surface area contributed by atoms with Crippen molar-refractivity contribution in [2.24, 2.45) is 5.92 Å². The number of hydrogen-bond acceptors (Lipinski definition) is 4. The van der Waals surface area contributed by atoms with Crippen LogP contribution in [0.15, 0.2) is 72.8 Å². The van der Waals surface area contributed by atoms with Gasteiger partial charge in [0.05, 0.1) is 17.4 Å². The summed E-state index contributed by atoms with van der Waals surface area (Å²) < 4.78 is 0. The first kappa shape index (κ1) is 19.5. The summed E-state index contributed by atoms with van der Waals surface area (Å²) in [4.78, 5) is 34.6. The Morgan fingerprint density at radius 1 is 0.774 bits per heavy atom. The minimum Gasteiger partial charge on any atom is -0.273 e. The fraction of sp³-hybridized carbons (Fsp3) is 0.231. The molecule has 2 heterocycles. The number of aryl methyl sites for hydroxylation is 3. The van der Waals surface area contributed by atoms with Crippen LogP contribution < -0.4 is 9.96 Å². The van der Waals surface area contributed by atoms with Crippen molar-refractivity contribution >= 4 is 23.2 Å². The molecule has 0 radical (unpaired) electrons. The third-order valence-electron chi connectivity index (χ3n) is 6.14. The minimum absolute atomic E-state index is 0.217. The number of fused-ring (bicyclic) bond motifs is 1. The van der Waals surface area contributed by atoms with Crippen molar-refractivity contribution in [1.82, 2.24) is 0 Å². The third-order valence-corrected chi connectivity index (χ3v) is 6.14. The van der Waals surface area contributed by atoms with E-state index < -0.39 is 12.0 Å². The van der Waals surface area contributed by atoms with Crippen LogP contribution in [0.2, 0.25) is 0 Å². The average Bonchev–Trinajstić information content (AvgIpc) is 3.26. The predicted octanol–water partition coefficient (Wildman–Crippen LogP) is 4.66. The predicted molar refractivity (Wildman–Crippen MR) is 120 cm³/mol. The van der Waals surface area contributed by atoms with Gasteiger partial charge in [-0.25, -0.2) is 9.96 Å². The quantitative estimate of drug-likeness (QED) is 0.587. The van der Waals surface area contributed by atoms with E-state index >= 15 is 0 Å². The van der Waals surface area contributed by atoms with Crippen molar-refractivity contribution < 1.29 is 14.4 Å². The van der Waals surface area contributed by atoms with E-state index in [4.69, 9.17) is 4.84 Å². The lowest BCUT2D eigenvalue weighted by Gasteiger charge is -2.29. The van der Waals surface area contributed by atoms with Gasteiger partial charge in [0.25, 0.3) is 5.91 Å². The summed E-state index contributed by atoms with van der Waals surface area (Å²) in [6.07, 6.45) is -0.847. The monoisotopic (exact) mass is 412 g/mol. The number of hydrogen-bond donors (Lipinski definition) is 0. The Labute approximate surface area is 181 Å². The smallest absolute Gasteiger partial charge is 0.266 e. The van der Waals surface area contributed by atoms with Crippen molar-refractivity contribution in [3.8, 4) is 0 Å². The van der Waals surface area contributed by atoms with Gasteiger partial charge in [0.15, 0.2) is 6.10 Å². The maximum Gasteiger partial charge on any atom is 0.266 e. The molecule has 2 aliphatic heterocycles. The molecule has 0 bridgehead atoms. The Kier molecular flexibility index (Phi) is 4.63. The second-order valence-corrected chi connectivity index (χ2v) is 8.37. The van der Waals surface area contributed by atoms with E-state index in [1.54, 1.807) is 5.06 Å². The molecule has 2 fully saturated rings. The Morgan fingerprint density at radius 2 is 1.45 bits per heavy atom. The van der Waals surface area contributed by atoms with Gasteiger partial charge in [0.1, 0.15) is 5.92 Å². The number of anilines is 2. The van der Waals surface area contributed by atoms with Crippen LogP contribution in [0.5, 0.6) is 0 Å². The molecule has 0 aliphatic carbocycles. The molecule has 3 aromatic carbocycles. The first-order chi connectivity index (χ1) is 15.0. The third kappa shape index (κ3) is 3.13. The Balaban J connectivity index is 1.59. The lowest BCUT2D eigenvalue weighted by Crippen LogP contribution is -2.37. The molecule has 2 saturated heterocycles. The number of imide groups is 1. The SMILES string of the molecule is Cc1ccc([C@H]2[C@@H]3C(=O)N(c4ccc(C)cc4C)C(=O)[C@H]3ON2c2ccccc2)cc1. The zero-order valence-electron chi connectivity index (χ0n) is 17.8. The van der Waals surface area contributed by atoms with Crippen molar-refractivity contribution in [2.75, 3.05) is 9.96 Å². The lowest BCUT2D eigenvalue weighted by atomic mass is 9.90. The average molecular weight is 412 g/mol. The number of amides is 2. The van der Waals surface area contributed by atoms with Crippen LogP contribution in [0.1, 0.15) is 28.3 Å².